The minimum atomic E-state index is -0.0809. The third-order valence-corrected chi connectivity index (χ3v) is 6.47. The molecule has 1 saturated heterocycles. The summed E-state index contributed by atoms with van der Waals surface area (Å²) in [6.45, 7) is 2.90. The summed E-state index contributed by atoms with van der Waals surface area (Å²) in [5.74, 6) is 0.572. The second-order valence-electron chi connectivity index (χ2n) is 7.62. The van der Waals surface area contributed by atoms with E-state index in [4.69, 9.17) is 0 Å². The van der Waals surface area contributed by atoms with E-state index < -0.39 is 0 Å². The van der Waals surface area contributed by atoms with Gasteiger partial charge in [-0.3, -0.25) is 9.59 Å². The number of piperazine rings is 1. The highest BCUT2D eigenvalue weighted by atomic mass is 32.2. The van der Waals surface area contributed by atoms with E-state index in [1.54, 1.807) is 23.9 Å². The summed E-state index contributed by atoms with van der Waals surface area (Å²) in [4.78, 5) is 31.0. The number of carbonyl (C=O) groups excluding carboxylic acids is 2. The Labute approximate surface area is 193 Å². The van der Waals surface area contributed by atoms with Gasteiger partial charge in [0.05, 0.1) is 11.3 Å². The third kappa shape index (κ3) is 5.71. The van der Waals surface area contributed by atoms with Crippen LogP contribution in [0.3, 0.4) is 0 Å². The molecule has 6 heteroatoms. The van der Waals surface area contributed by atoms with Gasteiger partial charge in [-0.2, -0.15) is 0 Å². The van der Waals surface area contributed by atoms with Crippen LogP contribution in [-0.4, -0.2) is 48.6 Å². The van der Waals surface area contributed by atoms with E-state index in [1.165, 1.54) is 5.69 Å². The maximum atomic E-state index is 13.2. The Morgan fingerprint density at radius 1 is 0.781 bits per heavy atom. The third-order valence-electron chi connectivity index (χ3n) is 5.46. The fourth-order valence-electron chi connectivity index (χ4n) is 3.75. The van der Waals surface area contributed by atoms with Gasteiger partial charge < -0.3 is 15.1 Å². The lowest BCUT2D eigenvalue weighted by Crippen LogP contribution is -2.48. The van der Waals surface area contributed by atoms with Crippen molar-refractivity contribution < 1.29 is 9.59 Å². The lowest BCUT2D eigenvalue weighted by atomic mass is 10.1. The zero-order valence-electron chi connectivity index (χ0n) is 17.9. The second kappa shape index (κ2) is 10.9. The van der Waals surface area contributed by atoms with Crippen molar-refractivity contribution in [1.29, 1.82) is 0 Å². The Bertz CT molecular complexity index is 1040. The molecule has 5 nitrogen and oxygen atoms in total. The predicted octanol–water partition coefficient (Wildman–Crippen LogP) is 4.77. The van der Waals surface area contributed by atoms with Gasteiger partial charge in [0.1, 0.15) is 0 Å². The number of nitrogens with one attached hydrogen (secondary N) is 1. The van der Waals surface area contributed by atoms with Crippen molar-refractivity contribution in [3.05, 3.63) is 90.5 Å². The molecule has 0 bridgehead atoms. The van der Waals surface area contributed by atoms with Gasteiger partial charge in [-0.1, -0.05) is 48.5 Å². The molecule has 0 aromatic heterocycles. The molecule has 1 N–H and O–H groups in total. The van der Waals surface area contributed by atoms with Crippen molar-refractivity contribution in [3.8, 4) is 0 Å². The highest BCUT2D eigenvalue weighted by molar-refractivity contribution is 7.99. The molecule has 0 atom stereocenters. The quantitative estimate of drug-likeness (QED) is 0.532. The molecule has 3 aromatic rings. The number of nitrogens with zero attached hydrogens (tertiary/aromatic N) is 2. The van der Waals surface area contributed by atoms with Gasteiger partial charge in [0.15, 0.2) is 0 Å². The van der Waals surface area contributed by atoms with Crippen LogP contribution in [0.4, 0.5) is 11.4 Å². The molecular formula is C26H27N3O2S. The Kier molecular flexibility index (Phi) is 7.46. The standard InChI is InChI=1S/C26H27N3O2S/c30-25(15-20-32-22-11-5-2-6-12-22)27-24-14-8-7-13-23(24)26(31)29-18-16-28(17-19-29)21-9-3-1-4-10-21/h1-14H,15-20H2,(H,27,30). The number of hydrogen-bond donors (Lipinski definition) is 1. The van der Waals surface area contributed by atoms with E-state index in [1.807, 2.05) is 65.6 Å². The summed E-state index contributed by atoms with van der Waals surface area (Å²) >= 11 is 1.65. The van der Waals surface area contributed by atoms with E-state index in [9.17, 15) is 9.59 Å². The van der Waals surface area contributed by atoms with Gasteiger partial charge in [-0.05, 0) is 36.4 Å². The van der Waals surface area contributed by atoms with Gasteiger partial charge in [0, 0.05) is 48.9 Å². The zero-order valence-corrected chi connectivity index (χ0v) is 18.8. The normalized spacial score (nSPS) is 13.6. The van der Waals surface area contributed by atoms with Crippen molar-refractivity contribution >= 4 is 35.0 Å². The number of hydrogen-bond acceptors (Lipinski definition) is 4. The van der Waals surface area contributed by atoms with Crippen LogP contribution in [0, 0.1) is 0 Å². The minimum absolute atomic E-state index is 0.0349. The molecular weight excluding hydrogens is 418 g/mol. The summed E-state index contributed by atoms with van der Waals surface area (Å²) < 4.78 is 0. The van der Waals surface area contributed by atoms with Crippen LogP contribution in [0.5, 0.6) is 0 Å². The molecule has 2 amide bonds. The molecule has 0 spiro atoms. The molecule has 0 radical (unpaired) electrons. The number of benzene rings is 3. The van der Waals surface area contributed by atoms with E-state index in [-0.39, 0.29) is 11.8 Å². The highest BCUT2D eigenvalue weighted by Crippen LogP contribution is 2.22. The van der Waals surface area contributed by atoms with Gasteiger partial charge in [0.2, 0.25) is 5.91 Å². The average Bonchev–Trinajstić information content (AvgIpc) is 2.85. The van der Waals surface area contributed by atoms with Crippen LogP contribution in [0.15, 0.2) is 89.8 Å². The molecule has 32 heavy (non-hydrogen) atoms. The number of para-hydroxylation sites is 2. The number of carbonyl (C=O) groups is 2. The van der Waals surface area contributed by atoms with E-state index in [0.717, 1.165) is 18.0 Å². The first-order valence-electron chi connectivity index (χ1n) is 10.9. The first-order valence-corrected chi connectivity index (χ1v) is 11.9. The first-order chi connectivity index (χ1) is 15.7. The summed E-state index contributed by atoms with van der Waals surface area (Å²) in [6, 6.07) is 27.6. The number of thioether (sulfide) groups is 1. The predicted molar refractivity (Wildman–Crippen MR) is 131 cm³/mol. The zero-order chi connectivity index (χ0) is 22.2. The maximum Gasteiger partial charge on any atom is 0.256 e. The van der Waals surface area contributed by atoms with Crippen molar-refractivity contribution in [2.24, 2.45) is 0 Å². The van der Waals surface area contributed by atoms with Crippen LogP contribution in [-0.2, 0) is 4.79 Å². The Morgan fingerprint density at radius 2 is 1.41 bits per heavy atom. The van der Waals surface area contributed by atoms with Crippen LogP contribution in [0.1, 0.15) is 16.8 Å². The molecule has 1 aliphatic rings. The average molecular weight is 446 g/mol. The second-order valence-corrected chi connectivity index (χ2v) is 8.79. The first kappa shape index (κ1) is 22.0. The molecule has 1 heterocycles. The van der Waals surface area contributed by atoms with Crippen LogP contribution in [0.2, 0.25) is 0 Å². The smallest absolute Gasteiger partial charge is 0.256 e. The summed E-state index contributed by atoms with van der Waals surface area (Å²) in [5.41, 5.74) is 2.31. The monoisotopic (exact) mass is 445 g/mol. The van der Waals surface area contributed by atoms with Gasteiger partial charge in [-0.15, -0.1) is 11.8 Å². The molecule has 1 fully saturated rings. The van der Waals surface area contributed by atoms with Gasteiger partial charge >= 0.3 is 0 Å². The largest absolute Gasteiger partial charge is 0.368 e. The summed E-state index contributed by atoms with van der Waals surface area (Å²) in [5, 5.41) is 2.94. The summed E-state index contributed by atoms with van der Waals surface area (Å²) in [6.07, 6.45) is 0.387. The van der Waals surface area contributed by atoms with E-state index >= 15 is 0 Å². The van der Waals surface area contributed by atoms with Crippen molar-refractivity contribution in [2.75, 3.05) is 42.1 Å². The highest BCUT2D eigenvalue weighted by Gasteiger charge is 2.24. The number of rotatable bonds is 7. The number of amides is 2. The Balaban J connectivity index is 1.32. The minimum Gasteiger partial charge on any atom is -0.368 e. The van der Waals surface area contributed by atoms with Crippen molar-refractivity contribution in [3.63, 3.8) is 0 Å². The van der Waals surface area contributed by atoms with Crippen molar-refractivity contribution in [2.45, 2.75) is 11.3 Å². The molecule has 0 aliphatic carbocycles. The molecule has 0 saturated carbocycles. The van der Waals surface area contributed by atoms with Crippen LogP contribution in [0.25, 0.3) is 0 Å². The fraction of sp³-hybridized carbons (Fsp3) is 0.231. The molecule has 3 aromatic carbocycles. The number of anilines is 2. The molecule has 164 valence electrons. The molecule has 4 rings (SSSR count). The van der Waals surface area contributed by atoms with E-state index in [2.05, 4.69) is 22.3 Å². The lowest BCUT2D eigenvalue weighted by Gasteiger charge is -2.36. The van der Waals surface area contributed by atoms with E-state index in [0.29, 0.717) is 36.5 Å². The SMILES string of the molecule is O=C(CCSc1ccccc1)Nc1ccccc1C(=O)N1CCN(c2ccccc2)CC1. The fourth-order valence-corrected chi connectivity index (χ4v) is 4.62. The molecule has 1 aliphatic heterocycles. The topological polar surface area (TPSA) is 52.7 Å². The summed E-state index contributed by atoms with van der Waals surface area (Å²) in [7, 11) is 0. The Hall–Kier alpha value is -3.25. The van der Waals surface area contributed by atoms with Crippen LogP contribution < -0.4 is 10.2 Å². The van der Waals surface area contributed by atoms with Crippen molar-refractivity contribution in [1.82, 2.24) is 4.90 Å². The Morgan fingerprint density at radius 3 is 2.12 bits per heavy atom. The van der Waals surface area contributed by atoms with Crippen LogP contribution >= 0.6 is 11.8 Å². The van der Waals surface area contributed by atoms with Gasteiger partial charge in [-0.25, -0.2) is 0 Å². The maximum absolute atomic E-state index is 13.2. The van der Waals surface area contributed by atoms with Gasteiger partial charge in [0.25, 0.3) is 5.91 Å². The lowest BCUT2D eigenvalue weighted by molar-refractivity contribution is -0.115. The molecule has 0 unspecified atom stereocenters.